The van der Waals surface area contributed by atoms with E-state index in [1.807, 2.05) is 6.92 Å². The number of aliphatic hydroxyl groups is 1. The van der Waals surface area contributed by atoms with Gasteiger partial charge in [0.15, 0.2) is 0 Å². The van der Waals surface area contributed by atoms with E-state index in [-0.39, 0.29) is 6.10 Å². The van der Waals surface area contributed by atoms with Gasteiger partial charge in [-0.25, -0.2) is 4.79 Å². The molecule has 2 nitrogen and oxygen atoms in total. The van der Waals surface area contributed by atoms with Crippen molar-refractivity contribution in [2.45, 2.75) is 38.7 Å². The number of hydrogen-bond donors (Lipinski definition) is 1. The smallest absolute Gasteiger partial charge is 0.120 e. The van der Waals surface area contributed by atoms with Gasteiger partial charge in [0.05, 0.1) is 6.10 Å². The molecule has 0 aliphatic carbocycles. The summed E-state index contributed by atoms with van der Waals surface area (Å²) in [6, 6.07) is 0. The van der Waals surface area contributed by atoms with E-state index in [2.05, 4.69) is 0 Å². The van der Waals surface area contributed by atoms with Crippen molar-refractivity contribution in [1.82, 2.24) is 0 Å². The van der Waals surface area contributed by atoms with Crippen molar-refractivity contribution in [3.8, 4) is 0 Å². The van der Waals surface area contributed by atoms with Crippen molar-refractivity contribution in [2.24, 2.45) is 0 Å². The largest absolute Gasteiger partial charge is 0.393 e. The van der Waals surface area contributed by atoms with Crippen molar-refractivity contribution >= 4 is 5.94 Å². The van der Waals surface area contributed by atoms with Gasteiger partial charge in [-0.05, 0) is 25.3 Å². The van der Waals surface area contributed by atoms with Crippen LogP contribution >= 0.6 is 0 Å². The zero-order valence-electron chi connectivity index (χ0n) is 6.34. The van der Waals surface area contributed by atoms with Gasteiger partial charge in [-0.2, -0.15) is 0 Å². The maximum absolute atomic E-state index is 9.68. The van der Waals surface area contributed by atoms with Crippen LogP contribution in [-0.4, -0.2) is 17.2 Å². The maximum atomic E-state index is 9.68. The van der Waals surface area contributed by atoms with Crippen LogP contribution in [0.5, 0.6) is 0 Å². The molecule has 10 heavy (non-hydrogen) atoms. The molecule has 0 spiro atoms. The number of carbonyl (C=O) groups excluding carboxylic acids is 1. The fraction of sp³-hybridized carbons (Fsp3) is 0.750. The lowest BCUT2D eigenvalue weighted by Gasteiger charge is -2.04. The fourth-order valence-electron chi connectivity index (χ4n) is 0.812. The first-order valence-corrected chi connectivity index (χ1v) is 3.68. The predicted octanol–water partition coefficient (Wildman–Crippen LogP) is 1.32. The molecule has 0 rings (SSSR count). The van der Waals surface area contributed by atoms with Gasteiger partial charge in [0.1, 0.15) is 5.94 Å². The first kappa shape index (κ1) is 9.41. The topological polar surface area (TPSA) is 37.3 Å². The molecule has 58 valence electrons. The summed E-state index contributed by atoms with van der Waals surface area (Å²) in [5.41, 5.74) is 0. The third-order valence-corrected chi connectivity index (χ3v) is 1.35. The normalized spacial score (nSPS) is 12.2. The van der Waals surface area contributed by atoms with Gasteiger partial charge in [0.2, 0.25) is 0 Å². The van der Waals surface area contributed by atoms with Crippen LogP contribution in [0.1, 0.15) is 32.6 Å². The number of aliphatic hydroxyl groups excluding tert-OH is 1. The molecule has 0 aromatic rings. The first-order valence-electron chi connectivity index (χ1n) is 3.68. The Hall–Kier alpha value is -0.590. The molecule has 0 saturated heterocycles. The molecule has 1 N–H and O–H groups in total. The van der Waals surface area contributed by atoms with Crippen LogP contribution in [0.25, 0.3) is 0 Å². The zero-order chi connectivity index (χ0) is 7.82. The summed E-state index contributed by atoms with van der Waals surface area (Å²) in [5, 5.41) is 9.13. The van der Waals surface area contributed by atoms with Gasteiger partial charge >= 0.3 is 0 Å². The molecule has 0 aromatic carbocycles. The van der Waals surface area contributed by atoms with Crippen LogP contribution in [0.4, 0.5) is 0 Å². The quantitative estimate of drug-likeness (QED) is 0.588. The summed E-state index contributed by atoms with van der Waals surface area (Å²) < 4.78 is 0. The molecule has 0 aromatic heterocycles. The van der Waals surface area contributed by atoms with E-state index >= 15 is 0 Å². The molecule has 0 bridgehead atoms. The van der Waals surface area contributed by atoms with E-state index in [0.717, 1.165) is 12.8 Å². The van der Waals surface area contributed by atoms with Crippen molar-refractivity contribution < 1.29 is 9.90 Å². The zero-order valence-corrected chi connectivity index (χ0v) is 6.34. The van der Waals surface area contributed by atoms with E-state index in [0.29, 0.717) is 12.8 Å². The molecule has 0 aliphatic heterocycles. The van der Waals surface area contributed by atoms with Gasteiger partial charge in [-0.1, -0.05) is 13.3 Å². The highest BCUT2D eigenvalue weighted by atomic mass is 16.3. The Kier molecular flexibility index (Phi) is 6.14. The number of hydrogen-bond acceptors (Lipinski definition) is 2. The van der Waals surface area contributed by atoms with Gasteiger partial charge in [0, 0.05) is 0 Å². The molecule has 0 radical (unpaired) electrons. The maximum Gasteiger partial charge on any atom is 0.120 e. The Balaban J connectivity index is 3.20. The minimum atomic E-state index is -0.241. The van der Waals surface area contributed by atoms with Gasteiger partial charge in [-0.15, -0.1) is 0 Å². The molecular formula is C8H14O2. The molecule has 0 heterocycles. The predicted molar refractivity (Wildman–Crippen MR) is 40.4 cm³/mol. The van der Waals surface area contributed by atoms with E-state index in [9.17, 15) is 4.79 Å². The van der Waals surface area contributed by atoms with E-state index in [4.69, 9.17) is 5.11 Å². The van der Waals surface area contributed by atoms with Crippen LogP contribution in [0.3, 0.4) is 0 Å². The summed E-state index contributed by atoms with van der Waals surface area (Å²) in [6.45, 7) is 2.03. The fourth-order valence-corrected chi connectivity index (χ4v) is 0.812. The molecular weight excluding hydrogens is 128 g/mol. The Bertz CT molecular complexity index is 114. The highest BCUT2D eigenvalue weighted by molar-refractivity contribution is 5.44. The van der Waals surface area contributed by atoms with E-state index in [1.54, 1.807) is 5.94 Å². The van der Waals surface area contributed by atoms with Crippen LogP contribution in [0, 0.1) is 0 Å². The Morgan fingerprint density at radius 3 is 2.80 bits per heavy atom. The van der Waals surface area contributed by atoms with Crippen LogP contribution in [0.2, 0.25) is 0 Å². The van der Waals surface area contributed by atoms with E-state index < -0.39 is 0 Å². The summed E-state index contributed by atoms with van der Waals surface area (Å²) >= 11 is 0. The Labute approximate surface area is 61.6 Å². The lowest BCUT2D eigenvalue weighted by atomic mass is 10.1. The van der Waals surface area contributed by atoms with Crippen LogP contribution < -0.4 is 0 Å². The molecule has 0 aliphatic rings. The lowest BCUT2D eigenvalue weighted by Crippen LogP contribution is -2.04. The van der Waals surface area contributed by atoms with Crippen LogP contribution in [0.15, 0.2) is 6.08 Å². The first-order chi connectivity index (χ1) is 4.81. The van der Waals surface area contributed by atoms with Crippen LogP contribution in [-0.2, 0) is 4.79 Å². The Morgan fingerprint density at radius 2 is 2.30 bits per heavy atom. The molecule has 0 amide bonds. The van der Waals surface area contributed by atoms with Crippen molar-refractivity contribution in [2.75, 3.05) is 0 Å². The third-order valence-electron chi connectivity index (χ3n) is 1.35. The van der Waals surface area contributed by atoms with Gasteiger partial charge in [0.25, 0.3) is 0 Å². The molecule has 0 saturated carbocycles. The monoisotopic (exact) mass is 142 g/mol. The average molecular weight is 142 g/mol. The van der Waals surface area contributed by atoms with E-state index in [1.165, 1.54) is 6.08 Å². The average Bonchev–Trinajstić information content (AvgIpc) is 1.89. The van der Waals surface area contributed by atoms with Gasteiger partial charge in [-0.3, -0.25) is 0 Å². The molecule has 2 heteroatoms. The Morgan fingerprint density at radius 1 is 1.60 bits per heavy atom. The summed E-state index contributed by atoms with van der Waals surface area (Å²) in [7, 11) is 0. The summed E-state index contributed by atoms with van der Waals surface area (Å²) in [4.78, 5) is 9.68. The summed E-state index contributed by atoms with van der Waals surface area (Å²) in [5.74, 6) is 1.68. The minimum Gasteiger partial charge on any atom is -0.393 e. The van der Waals surface area contributed by atoms with Crippen molar-refractivity contribution in [3.63, 3.8) is 0 Å². The molecule has 0 fully saturated rings. The van der Waals surface area contributed by atoms with Crippen molar-refractivity contribution in [1.29, 1.82) is 0 Å². The second-order valence-corrected chi connectivity index (χ2v) is 2.34. The second-order valence-electron chi connectivity index (χ2n) is 2.34. The SMILES string of the molecule is CCCC(O)CCC=C=O. The van der Waals surface area contributed by atoms with Crippen molar-refractivity contribution in [3.05, 3.63) is 6.08 Å². The standard InChI is InChI=1S/C8H14O2/c1-2-5-8(10)6-3-4-7-9/h4,8,10H,2-3,5-6H2,1H3. The highest BCUT2D eigenvalue weighted by Gasteiger charge is 1.99. The summed E-state index contributed by atoms with van der Waals surface area (Å²) in [6.07, 6.45) is 4.32. The minimum absolute atomic E-state index is 0.241. The second kappa shape index (κ2) is 6.53. The lowest BCUT2D eigenvalue weighted by molar-refractivity contribution is 0.155. The number of rotatable bonds is 5. The number of allylic oxidation sites excluding steroid dienone is 1. The molecule has 1 atom stereocenters. The highest BCUT2D eigenvalue weighted by Crippen LogP contribution is 2.03. The molecule has 1 unspecified atom stereocenters. The third kappa shape index (κ3) is 5.54. The van der Waals surface area contributed by atoms with Gasteiger partial charge < -0.3 is 5.11 Å².